The van der Waals surface area contributed by atoms with Crippen molar-refractivity contribution >= 4 is 0 Å². The van der Waals surface area contributed by atoms with E-state index in [-0.39, 0.29) is 0 Å². The maximum absolute atomic E-state index is 5.28. The molecule has 1 aromatic carbocycles. The molecular weight excluding hydrogens is 178 g/mol. The molecular formula is C11H17NO2. The second kappa shape index (κ2) is 4.86. The van der Waals surface area contributed by atoms with Crippen LogP contribution in [0, 0.1) is 6.92 Å². The summed E-state index contributed by atoms with van der Waals surface area (Å²) in [4.78, 5) is 0. The first-order valence-electron chi connectivity index (χ1n) is 4.59. The van der Waals surface area contributed by atoms with Crippen molar-refractivity contribution in [2.24, 2.45) is 0 Å². The fourth-order valence-electron chi connectivity index (χ4n) is 1.44. The Morgan fingerprint density at radius 3 is 2.29 bits per heavy atom. The Labute approximate surface area is 85.0 Å². The zero-order chi connectivity index (χ0) is 10.6. The Morgan fingerprint density at radius 2 is 1.79 bits per heavy atom. The van der Waals surface area contributed by atoms with Gasteiger partial charge in [0.05, 0.1) is 14.2 Å². The van der Waals surface area contributed by atoms with E-state index in [1.54, 1.807) is 14.2 Å². The van der Waals surface area contributed by atoms with Crippen LogP contribution in [0.1, 0.15) is 11.1 Å². The minimum absolute atomic E-state index is 0.778. The molecule has 0 aliphatic rings. The SMILES string of the molecule is CNCc1cc(OC)c(C)cc1OC. The van der Waals surface area contributed by atoms with Gasteiger partial charge in [-0.2, -0.15) is 0 Å². The minimum Gasteiger partial charge on any atom is -0.496 e. The average molecular weight is 195 g/mol. The number of benzene rings is 1. The molecule has 0 heterocycles. The van der Waals surface area contributed by atoms with Crippen LogP contribution in [-0.4, -0.2) is 21.3 Å². The van der Waals surface area contributed by atoms with Gasteiger partial charge in [0, 0.05) is 12.1 Å². The molecule has 0 atom stereocenters. The molecule has 0 aromatic heterocycles. The van der Waals surface area contributed by atoms with E-state index in [1.165, 1.54) is 0 Å². The predicted molar refractivity (Wildman–Crippen MR) is 57.0 cm³/mol. The van der Waals surface area contributed by atoms with Crippen LogP contribution in [-0.2, 0) is 6.54 Å². The van der Waals surface area contributed by atoms with Crippen molar-refractivity contribution in [1.29, 1.82) is 0 Å². The zero-order valence-electron chi connectivity index (χ0n) is 9.18. The van der Waals surface area contributed by atoms with Crippen molar-refractivity contribution in [1.82, 2.24) is 5.32 Å². The summed E-state index contributed by atoms with van der Waals surface area (Å²) in [6.45, 7) is 2.78. The van der Waals surface area contributed by atoms with Crippen LogP contribution < -0.4 is 14.8 Å². The average Bonchev–Trinajstić information content (AvgIpc) is 2.20. The van der Waals surface area contributed by atoms with E-state index in [1.807, 2.05) is 26.1 Å². The standard InChI is InChI=1S/C11H17NO2/c1-8-5-11(14-4)9(7-12-2)6-10(8)13-3/h5-6,12H,7H2,1-4H3. The summed E-state index contributed by atoms with van der Waals surface area (Å²) in [5, 5.41) is 3.09. The van der Waals surface area contributed by atoms with E-state index in [0.29, 0.717) is 0 Å². The van der Waals surface area contributed by atoms with Crippen molar-refractivity contribution in [3.05, 3.63) is 23.3 Å². The Kier molecular flexibility index (Phi) is 3.77. The summed E-state index contributed by atoms with van der Waals surface area (Å²) in [6, 6.07) is 4.00. The van der Waals surface area contributed by atoms with E-state index in [0.717, 1.165) is 29.2 Å². The van der Waals surface area contributed by atoms with E-state index in [9.17, 15) is 0 Å². The lowest BCUT2D eigenvalue weighted by Crippen LogP contribution is -2.07. The largest absolute Gasteiger partial charge is 0.496 e. The van der Waals surface area contributed by atoms with Crippen LogP contribution in [0.25, 0.3) is 0 Å². The second-order valence-corrected chi connectivity index (χ2v) is 3.16. The second-order valence-electron chi connectivity index (χ2n) is 3.16. The van der Waals surface area contributed by atoms with Crippen molar-refractivity contribution in [2.45, 2.75) is 13.5 Å². The molecule has 0 aliphatic carbocycles. The van der Waals surface area contributed by atoms with Crippen LogP contribution in [0.4, 0.5) is 0 Å². The summed E-state index contributed by atoms with van der Waals surface area (Å²) >= 11 is 0. The van der Waals surface area contributed by atoms with Crippen LogP contribution in [0.2, 0.25) is 0 Å². The lowest BCUT2D eigenvalue weighted by Gasteiger charge is -2.12. The number of ether oxygens (including phenoxy) is 2. The number of hydrogen-bond acceptors (Lipinski definition) is 3. The van der Waals surface area contributed by atoms with Gasteiger partial charge in [-0.05, 0) is 31.7 Å². The first kappa shape index (κ1) is 10.9. The van der Waals surface area contributed by atoms with Gasteiger partial charge in [-0.15, -0.1) is 0 Å². The van der Waals surface area contributed by atoms with Gasteiger partial charge in [0.2, 0.25) is 0 Å². The molecule has 0 radical (unpaired) electrons. The predicted octanol–water partition coefficient (Wildman–Crippen LogP) is 1.73. The van der Waals surface area contributed by atoms with Crippen molar-refractivity contribution in [2.75, 3.05) is 21.3 Å². The minimum atomic E-state index is 0.778. The number of rotatable bonds is 4. The number of aryl methyl sites for hydroxylation is 1. The Bertz CT molecular complexity index is 310. The number of nitrogens with one attached hydrogen (secondary N) is 1. The Morgan fingerprint density at radius 1 is 1.14 bits per heavy atom. The van der Waals surface area contributed by atoms with Gasteiger partial charge in [0.1, 0.15) is 11.5 Å². The normalized spacial score (nSPS) is 10.0. The van der Waals surface area contributed by atoms with E-state index in [2.05, 4.69) is 5.32 Å². The zero-order valence-corrected chi connectivity index (χ0v) is 9.18. The third kappa shape index (κ3) is 2.17. The summed E-state index contributed by atoms with van der Waals surface area (Å²) in [5.41, 5.74) is 2.20. The third-order valence-electron chi connectivity index (χ3n) is 2.17. The third-order valence-corrected chi connectivity index (χ3v) is 2.17. The van der Waals surface area contributed by atoms with Gasteiger partial charge in [0.15, 0.2) is 0 Å². The molecule has 3 nitrogen and oxygen atoms in total. The maximum atomic E-state index is 5.28. The quantitative estimate of drug-likeness (QED) is 0.793. The fraction of sp³-hybridized carbons (Fsp3) is 0.455. The molecule has 0 amide bonds. The Hall–Kier alpha value is -1.22. The highest BCUT2D eigenvalue weighted by Crippen LogP contribution is 2.27. The lowest BCUT2D eigenvalue weighted by atomic mass is 10.1. The summed E-state index contributed by atoms with van der Waals surface area (Å²) in [6.07, 6.45) is 0. The van der Waals surface area contributed by atoms with Crippen molar-refractivity contribution in [3.8, 4) is 11.5 Å². The number of methoxy groups -OCH3 is 2. The van der Waals surface area contributed by atoms with Gasteiger partial charge in [-0.25, -0.2) is 0 Å². The van der Waals surface area contributed by atoms with Gasteiger partial charge >= 0.3 is 0 Å². The molecule has 0 saturated heterocycles. The molecule has 1 rings (SSSR count). The molecule has 0 aliphatic heterocycles. The Balaban J connectivity index is 3.11. The molecule has 0 fully saturated rings. The van der Waals surface area contributed by atoms with Gasteiger partial charge in [-0.1, -0.05) is 0 Å². The van der Waals surface area contributed by atoms with Crippen molar-refractivity contribution in [3.63, 3.8) is 0 Å². The smallest absolute Gasteiger partial charge is 0.123 e. The van der Waals surface area contributed by atoms with Crippen LogP contribution in [0.15, 0.2) is 12.1 Å². The number of hydrogen-bond donors (Lipinski definition) is 1. The van der Waals surface area contributed by atoms with Gasteiger partial charge < -0.3 is 14.8 Å². The van der Waals surface area contributed by atoms with Gasteiger partial charge in [0.25, 0.3) is 0 Å². The van der Waals surface area contributed by atoms with Crippen LogP contribution >= 0.6 is 0 Å². The van der Waals surface area contributed by atoms with Crippen molar-refractivity contribution < 1.29 is 9.47 Å². The maximum Gasteiger partial charge on any atom is 0.123 e. The molecule has 3 heteroatoms. The first-order valence-corrected chi connectivity index (χ1v) is 4.59. The molecule has 0 bridgehead atoms. The molecule has 0 saturated carbocycles. The molecule has 0 unspecified atom stereocenters. The van der Waals surface area contributed by atoms with Gasteiger partial charge in [-0.3, -0.25) is 0 Å². The van der Waals surface area contributed by atoms with Crippen LogP contribution in [0.5, 0.6) is 11.5 Å². The summed E-state index contributed by atoms with van der Waals surface area (Å²) < 4.78 is 10.5. The van der Waals surface area contributed by atoms with Crippen LogP contribution in [0.3, 0.4) is 0 Å². The summed E-state index contributed by atoms with van der Waals surface area (Å²) in [5.74, 6) is 1.80. The van der Waals surface area contributed by atoms with E-state index in [4.69, 9.17) is 9.47 Å². The highest BCUT2D eigenvalue weighted by atomic mass is 16.5. The topological polar surface area (TPSA) is 30.5 Å². The highest BCUT2D eigenvalue weighted by Gasteiger charge is 2.07. The molecule has 14 heavy (non-hydrogen) atoms. The summed E-state index contributed by atoms with van der Waals surface area (Å²) in [7, 11) is 5.27. The fourth-order valence-corrected chi connectivity index (χ4v) is 1.44. The lowest BCUT2D eigenvalue weighted by molar-refractivity contribution is 0.395. The monoisotopic (exact) mass is 195 g/mol. The molecule has 1 N–H and O–H groups in total. The molecule has 0 spiro atoms. The first-order chi connectivity index (χ1) is 6.72. The highest BCUT2D eigenvalue weighted by molar-refractivity contribution is 5.45. The molecule has 78 valence electrons. The molecule has 1 aromatic rings. The van der Waals surface area contributed by atoms with E-state index < -0.39 is 0 Å². The van der Waals surface area contributed by atoms with E-state index >= 15 is 0 Å².